The quantitative estimate of drug-likeness (QED) is 0.139. The third-order valence-electron chi connectivity index (χ3n) is 9.45. The van der Waals surface area contributed by atoms with Crippen LogP contribution in [0.5, 0.6) is 0 Å². The summed E-state index contributed by atoms with van der Waals surface area (Å²) in [6.45, 7) is -0.882. The third kappa shape index (κ3) is 6.04. The van der Waals surface area contributed by atoms with Crippen LogP contribution >= 0.6 is 11.6 Å². The van der Waals surface area contributed by atoms with Crippen molar-refractivity contribution < 1.29 is 39.6 Å². The molecule has 2 aliphatic carbocycles. The smallest absolute Gasteiger partial charge is 0.293 e. The fourth-order valence-corrected chi connectivity index (χ4v) is 8.09. The van der Waals surface area contributed by atoms with Gasteiger partial charge in [0.25, 0.3) is 12.3 Å². The molecule has 4 heterocycles. The van der Waals surface area contributed by atoms with Crippen molar-refractivity contribution in [3.8, 4) is 11.1 Å². The van der Waals surface area contributed by atoms with E-state index in [0.29, 0.717) is 32.8 Å². The van der Waals surface area contributed by atoms with Crippen LogP contribution in [-0.2, 0) is 40.8 Å². The van der Waals surface area contributed by atoms with Gasteiger partial charge in [-0.05, 0) is 48.6 Å². The summed E-state index contributed by atoms with van der Waals surface area (Å²) in [5.74, 6) is -8.23. The number of anilines is 1. The summed E-state index contributed by atoms with van der Waals surface area (Å²) in [6.07, 6.45) is -0.985. The normalized spacial score (nSPS) is 18.1. The van der Waals surface area contributed by atoms with E-state index in [9.17, 15) is 30.8 Å². The van der Waals surface area contributed by atoms with Crippen molar-refractivity contribution in [3.63, 3.8) is 0 Å². The maximum absolute atomic E-state index is 15.3. The van der Waals surface area contributed by atoms with Crippen LogP contribution in [0.2, 0.25) is 5.02 Å². The van der Waals surface area contributed by atoms with Gasteiger partial charge in [-0.15, -0.1) is 0 Å². The zero-order valence-electron chi connectivity index (χ0n) is 27.4. The van der Waals surface area contributed by atoms with Crippen LogP contribution in [-0.4, -0.2) is 55.3 Å². The Morgan fingerprint density at radius 1 is 1.09 bits per heavy atom. The summed E-state index contributed by atoms with van der Waals surface area (Å²) in [5, 5.41) is 18.4. The number of amides is 1. The van der Waals surface area contributed by atoms with E-state index < -0.39 is 75.7 Å². The predicted molar refractivity (Wildman–Crippen MR) is 180 cm³/mol. The zero-order valence-corrected chi connectivity index (χ0v) is 29.0. The first kappa shape index (κ1) is 34.9. The van der Waals surface area contributed by atoms with Gasteiger partial charge in [-0.2, -0.15) is 24.1 Å². The van der Waals surface area contributed by atoms with Gasteiger partial charge in [-0.3, -0.25) is 24.0 Å². The first-order valence-corrected chi connectivity index (χ1v) is 18.3. The highest BCUT2D eigenvalue weighted by Gasteiger charge is 2.67. The minimum Gasteiger partial charge on any atom is -0.346 e. The lowest BCUT2D eigenvalue weighted by Crippen LogP contribution is -2.35. The van der Waals surface area contributed by atoms with Crippen LogP contribution in [0.15, 0.2) is 42.6 Å². The molecule has 6 aromatic rings. The van der Waals surface area contributed by atoms with Crippen LogP contribution in [0.1, 0.15) is 53.0 Å². The standard InChI is InChI=1S/C33H26ClF6N9O3S/c1-48-28-17(3-4-21(34)25(28)32(46-48)47-53(2,51)52)18-8-14-11-41-44-31(14)43-26(18)22(7-13-5-15(35)9-16(36)6-13)42-23(50)12-49-29-24(27(45-49)30(37)38)19-10-20(19)33(29,39)40/h3-6,8-9,11,19-20,22,30H,7,10,12H2,1-2H3,(H,42,50)(H,46,47)(H,41,43,44)/t19-,20+,22?/m0/s1. The van der Waals surface area contributed by atoms with Crippen molar-refractivity contribution in [2.24, 2.45) is 13.0 Å². The number of carbonyl (C=O) groups is 1. The average Bonchev–Trinajstić information content (AvgIpc) is 3.28. The van der Waals surface area contributed by atoms with E-state index in [1.807, 2.05) is 0 Å². The van der Waals surface area contributed by atoms with Crippen molar-refractivity contribution in [2.45, 2.75) is 43.7 Å². The zero-order chi connectivity index (χ0) is 37.7. The Bertz CT molecular complexity index is 2590. The molecule has 3 atom stereocenters. The maximum atomic E-state index is 15.3. The Morgan fingerprint density at radius 2 is 1.83 bits per heavy atom. The van der Waals surface area contributed by atoms with Gasteiger partial charge in [0.1, 0.15) is 29.6 Å². The number of alkyl halides is 4. The number of carbonyl (C=O) groups excluding carboxylic acids is 1. The van der Waals surface area contributed by atoms with Crippen LogP contribution in [0.25, 0.3) is 33.1 Å². The number of benzene rings is 2. The van der Waals surface area contributed by atoms with E-state index in [4.69, 9.17) is 16.6 Å². The highest BCUT2D eigenvalue weighted by atomic mass is 35.5. The van der Waals surface area contributed by atoms with Gasteiger partial charge < -0.3 is 5.32 Å². The molecule has 0 spiro atoms. The molecule has 0 bridgehead atoms. The Hall–Kier alpha value is -5.17. The van der Waals surface area contributed by atoms with E-state index >= 15 is 8.78 Å². The summed E-state index contributed by atoms with van der Waals surface area (Å²) in [6, 6.07) is 6.27. The number of nitrogens with one attached hydrogen (secondary N) is 3. The number of nitrogens with zero attached hydrogens (tertiary/aromatic N) is 6. The molecule has 12 nitrogen and oxygen atoms in total. The average molecular weight is 778 g/mol. The van der Waals surface area contributed by atoms with E-state index in [-0.39, 0.29) is 51.5 Å². The molecular formula is C33H26ClF6N9O3S. The van der Waals surface area contributed by atoms with Gasteiger partial charge >= 0.3 is 0 Å². The molecule has 2 aliphatic rings. The molecule has 1 saturated carbocycles. The first-order chi connectivity index (χ1) is 25.0. The van der Waals surface area contributed by atoms with Crippen molar-refractivity contribution in [1.29, 1.82) is 0 Å². The van der Waals surface area contributed by atoms with Crippen molar-refractivity contribution >= 4 is 55.3 Å². The summed E-state index contributed by atoms with van der Waals surface area (Å²) in [4.78, 5) is 18.5. The number of hydrogen-bond donors (Lipinski definition) is 3. The number of halogens is 7. The molecule has 2 aromatic carbocycles. The van der Waals surface area contributed by atoms with Crippen molar-refractivity contribution in [2.75, 3.05) is 11.0 Å². The maximum Gasteiger partial charge on any atom is 0.293 e. The summed E-state index contributed by atoms with van der Waals surface area (Å²) >= 11 is 6.56. The van der Waals surface area contributed by atoms with Crippen molar-refractivity contribution in [3.05, 3.63) is 87.5 Å². The van der Waals surface area contributed by atoms with E-state index in [1.165, 1.54) is 16.9 Å². The molecule has 1 unspecified atom stereocenters. The number of H-pyrrole nitrogens is 1. The summed E-state index contributed by atoms with van der Waals surface area (Å²) in [5.41, 5.74) is -0.293. The summed E-state index contributed by atoms with van der Waals surface area (Å²) < 4.78 is 116. The Balaban J connectivity index is 1.26. The van der Waals surface area contributed by atoms with Gasteiger partial charge in [-0.1, -0.05) is 17.7 Å². The molecule has 1 fully saturated rings. The Morgan fingerprint density at radius 3 is 2.53 bits per heavy atom. The molecule has 4 aromatic heterocycles. The van der Waals surface area contributed by atoms with E-state index in [0.717, 1.165) is 18.4 Å². The SMILES string of the molecule is Cn1nc(NS(C)(=O)=O)c2c(Cl)ccc(-c3cc4cn[nH]c4nc3C(Cc3cc(F)cc(F)c3)NC(=O)Cn3nc(C(F)F)c4c3C(F)(F)[C@@H]3C[C@H]43)c21. The number of rotatable bonds is 10. The van der Waals surface area contributed by atoms with Gasteiger partial charge in [-0.25, -0.2) is 31.0 Å². The molecule has 53 heavy (non-hydrogen) atoms. The van der Waals surface area contributed by atoms with Gasteiger partial charge in [0.2, 0.25) is 15.9 Å². The van der Waals surface area contributed by atoms with Gasteiger partial charge in [0.05, 0.1) is 40.1 Å². The highest BCUT2D eigenvalue weighted by Crippen LogP contribution is 2.68. The molecule has 20 heteroatoms. The molecule has 3 N–H and O–H groups in total. The molecule has 0 saturated heterocycles. The van der Waals surface area contributed by atoms with Crippen molar-refractivity contribution in [1.82, 2.24) is 40.1 Å². The molecule has 8 rings (SSSR count). The largest absolute Gasteiger partial charge is 0.346 e. The number of aromatic nitrogens is 7. The number of hydrogen-bond acceptors (Lipinski definition) is 7. The second-order valence-corrected chi connectivity index (χ2v) is 15.3. The number of pyridine rings is 1. The van der Waals surface area contributed by atoms with Crippen LogP contribution < -0.4 is 10.0 Å². The molecule has 276 valence electrons. The number of fused-ring (bicyclic) bond motifs is 5. The van der Waals surface area contributed by atoms with Gasteiger partial charge in [0.15, 0.2) is 11.5 Å². The molecule has 0 radical (unpaired) electrons. The molecular weight excluding hydrogens is 752 g/mol. The monoisotopic (exact) mass is 777 g/mol. The lowest BCUT2D eigenvalue weighted by atomic mass is 9.93. The molecule has 1 amide bonds. The second-order valence-electron chi connectivity index (χ2n) is 13.2. The van der Waals surface area contributed by atoms with Gasteiger partial charge in [0, 0.05) is 41.1 Å². The first-order valence-electron chi connectivity index (χ1n) is 16.0. The number of sulfonamides is 1. The predicted octanol–water partition coefficient (Wildman–Crippen LogP) is 6.26. The van der Waals surface area contributed by atoms with Crippen LogP contribution in [0.3, 0.4) is 0 Å². The Labute approximate surface area is 300 Å². The third-order valence-corrected chi connectivity index (χ3v) is 10.3. The van der Waals surface area contributed by atoms with Crippen LogP contribution in [0.4, 0.5) is 32.2 Å². The molecule has 0 aliphatic heterocycles. The van der Waals surface area contributed by atoms with E-state index in [1.54, 1.807) is 19.2 Å². The fourth-order valence-electron chi connectivity index (χ4n) is 7.35. The minimum absolute atomic E-state index is 0.0366. The number of aromatic amines is 1. The lowest BCUT2D eigenvalue weighted by molar-refractivity contribution is -0.123. The van der Waals surface area contributed by atoms with Crippen LogP contribution in [0, 0.1) is 17.6 Å². The second kappa shape index (κ2) is 12.2. The highest BCUT2D eigenvalue weighted by molar-refractivity contribution is 7.92. The number of aryl methyl sites for hydroxylation is 1. The Kier molecular flexibility index (Phi) is 8.02. The fraction of sp³-hybridized carbons (Fsp3) is 0.303. The minimum atomic E-state index is -3.80. The topological polar surface area (TPSA) is 152 Å². The summed E-state index contributed by atoms with van der Waals surface area (Å²) in [7, 11) is -2.26. The lowest BCUT2D eigenvalue weighted by Gasteiger charge is -2.23. The van der Waals surface area contributed by atoms with E-state index in [2.05, 4.69) is 30.4 Å².